The Kier molecular flexibility index (Phi) is 3.70. The van der Waals surface area contributed by atoms with Gasteiger partial charge in [-0.3, -0.25) is 5.43 Å². The minimum absolute atomic E-state index is 0.0270. The van der Waals surface area contributed by atoms with Crippen LogP contribution in [0.5, 0.6) is 0 Å². The number of nitrogens with zero attached hydrogens (tertiary/aromatic N) is 2. The summed E-state index contributed by atoms with van der Waals surface area (Å²) in [5.41, 5.74) is 1.58. The fraction of sp³-hybridized carbons (Fsp3) is 0.0909. The van der Waals surface area contributed by atoms with Crippen molar-refractivity contribution in [2.24, 2.45) is 5.84 Å². The van der Waals surface area contributed by atoms with Gasteiger partial charge in [0.15, 0.2) is 11.6 Å². The number of aromatic nitrogens is 2. The monoisotopic (exact) mass is 287 g/mol. The minimum Gasteiger partial charge on any atom is -0.338 e. The lowest BCUT2D eigenvalue weighted by Gasteiger charge is -2.10. The summed E-state index contributed by atoms with van der Waals surface area (Å²) in [7, 11) is 0. The molecular formula is C11H9F4N5. The molecule has 106 valence electrons. The zero-order valence-electron chi connectivity index (χ0n) is 9.87. The van der Waals surface area contributed by atoms with Gasteiger partial charge in [-0.15, -0.1) is 0 Å². The number of anilines is 3. The Morgan fingerprint density at radius 1 is 1.10 bits per heavy atom. The van der Waals surface area contributed by atoms with Crippen LogP contribution in [0.15, 0.2) is 30.5 Å². The summed E-state index contributed by atoms with van der Waals surface area (Å²) in [6.45, 7) is 0. The van der Waals surface area contributed by atoms with Crippen molar-refractivity contribution in [1.82, 2.24) is 9.97 Å². The quantitative estimate of drug-likeness (QED) is 0.459. The molecule has 1 aromatic heterocycles. The lowest BCUT2D eigenvalue weighted by atomic mass is 10.2. The molecule has 0 saturated carbocycles. The first-order chi connectivity index (χ1) is 9.40. The van der Waals surface area contributed by atoms with Gasteiger partial charge >= 0.3 is 6.18 Å². The molecule has 9 heteroatoms. The highest BCUT2D eigenvalue weighted by molar-refractivity contribution is 5.57. The Morgan fingerprint density at radius 3 is 2.30 bits per heavy atom. The van der Waals surface area contributed by atoms with E-state index in [1.165, 1.54) is 12.1 Å². The third-order valence-electron chi connectivity index (χ3n) is 2.35. The molecule has 0 spiro atoms. The van der Waals surface area contributed by atoms with Gasteiger partial charge in [-0.25, -0.2) is 15.2 Å². The fourth-order valence-corrected chi connectivity index (χ4v) is 1.40. The second-order valence-electron chi connectivity index (χ2n) is 3.73. The van der Waals surface area contributed by atoms with Crippen molar-refractivity contribution >= 4 is 17.5 Å². The third-order valence-corrected chi connectivity index (χ3v) is 2.35. The predicted octanol–water partition coefficient (Wildman–Crippen LogP) is 2.66. The summed E-state index contributed by atoms with van der Waals surface area (Å²) in [4.78, 5) is 7.24. The molecule has 0 bridgehead atoms. The Bertz CT molecular complexity index is 597. The predicted molar refractivity (Wildman–Crippen MR) is 64.5 cm³/mol. The fourth-order valence-electron chi connectivity index (χ4n) is 1.40. The maximum Gasteiger partial charge on any atom is 0.416 e. The molecule has 0 fully saturated rings. The molecule has 0 radical (unpaired) electrons. The molecule has 1 heterocycles. The van der Waals surface area contributed by atoms with Crippen molar-refractivity contribution in [1.29, 1.82) is 0 Å². The van der Waals surface area contributed by atoms with Crippen molar-refractivity contribution in [2.75, 3.05) is 10.7 Å². The lowest BCUT2D eigenvalue weighted by molar-refractivity contribution is -0.137. The summed E-state index contributed by atoms with van der Waals surface area (Å²) in [5, 5.41) is 2.54. The zero-order valence-corrected chi connectivity index (χ0v) is 9.87. The molecule has 4 N–H and O–H groups in total. The van der Waals surface area contributed by atoms with Gasteiger partial charge in [-0.2, -0.15) is 18.2 Å². The van der Waals surface area contributed by atoms with Crippen molar-refractivity contribution in [3.8, 4) is 0 Å². The smallest absolute Gasteiger partial charge is 0.338 e. The first kappa shape index (κ1) is 14.0. The van der Waals surface area contributed by atoms with Crippen LogP contribution in [0.2, 0.25) is 0 Å². The first-order valence-corrected chi connectivity index (χ1v) is 5.33. The van der Waals surface area contributed by atoms with Crippen LogP contribution in [-0.4, -0.2) is 9.97 Å². The van der Waals surface area contributed by atoms with Gasteiger partial charge in [0.2, 0.25) is 5.95 Å². The highest BCUT2D eigenvalue weighted by Crippen LogP contribution is 2.30. The number of nitrogens with one attached hydrogen (secondary N) is 2. The van der Waals surface area contributed by atoms with E-state index in [4.69, 9.17) is 5.84 Å². The second kappa shape index (κ2) is 5.29. The molecule has 0 aliphatic carbocycles. The standard InChI is InChI=1S/C11H9F4N5/c12-8-5-17-10(20-16)19-9(8)18-7-3-1-6(2-4-7)11(13,14)15/h1-5H,16H2,(H2,17,18,19,20). The van der Waals surface area contributed by atoms with Crippen molar-refractivity contribution < 1.29 is 17.6 Å². The van der Waals surface area contributed by atoms with Crippen molar-refractivity contribution in [2.45, 2.75) is 6.18 Å². The van der Waals surface area contributed by atoms with E-state index in [1.54, 1.807) is 0 Å². The van der Waals surface area contributed by atoms with Gasteiger partial charge < -0.3 is 5.32 Å². The number of hydrogen-bond acceptors (Lipinski definition) is 5. The maximum atomic E-state index is 13.4. The summed E-state index contributed by atoms with van der Waals surface area (Å²) in [5.74, 6) is 4.09. The summed E-state index contributed by atoms with van der Waals surface area (Å²) in [6, 6.07) is 4.09. The lowest BCUT2D eigenvalue weighted by Crippen LogP contribution is -2.12. The average Bonchev–Trinajstić information content (AvgIpc) is 2.41. The number of hydrazine groups is 1. The first-order valence-electron chi connectivity index (χ1n) is 5.33. The molecule has 0 aliphatic heterocycles. The van der Waals surface area contributed by atoms with Crippen LogP contribution in [-0.2, 0) is 6.18 Å². The van der Waals surface area contributed by atoms with Gasteiger partial charge in [0.05, 0.1) is 11.8 Å². The molecule has 0 saturated heterocycles. The minimum atomic E-state index is -4.42. The number of rotatable bonds is 3. The van der Waals surface area contributed by atoms with E-state index in [-0.39, 0.29) is 17.5 Å². The van der Waals surface area contributed by atoms with E-state index in [1.807, 2.05) is 0 Å². The molecule has 0 amide bonds. The summed E-state index contributed by atoms with van der Waals surface area (Å²) >= 11 is 0. The number of hydrogen-bond donors (Lipinski definition) is 3. The van der Waals surface area contributed by atoms with Crippen LogP contribution in [0.3, 0.4) is 0 Å². The number of nitrogen functional groups attached to an aromatic ring is 1. The Morgan fingerprint density at radius 2 is 1.75 bits per heavy atom. The van der Waals surface area contributed by atoms with Crippen LogP contribution in [0, 0.1) is 5.82 Å². The largest absolute Gasteiger partial charge is 0.416 e. The van der Waals surface area contributed by atoms with Gasteiger partial charge in [-0.1, -0.05) is 0 Å². The number of nitrogens with two attached hydrogens (primary N) is 1. The van der Waals surface area contributed by atoms with Gasteiger partial charge in [0.25, 0.3) is 0 Å². The molecule has 2 aromatic rings. The third kappa shape index (κ3) is 3.12. The SMILES string of the molecule is NNc1ncc(F)c(Nc2ccc(C(F)(F)F)cc2)n1. The number of alkyl halides is 3. The van der Waals surface area contributed by atoms with Gasteiger partial charge in [-0.05, 0) is 24.3 Å². The van der Waals surface area contributed by atoms with E-state index in [2.05, 4.69) is 20.7 Å². The van der Waals surface area contributed by atoms with E-state index in [0.717, 1.165) is 18.3 Å². The van der Waals surface area contributed by atoms with Gasteiger partial charge in [0.1, 0.15) is 0 Å². The normalized spacial score (nSPS) is 11.2. The molecule has 0 atom stereocenters. The van der Waals surface area contributed by atoms with Crippen molar-refractivity contribution in [3.05, 3.63) is 41.8 Å². The topological polar surface area (TPSA) is 75.9 Å². The second-order valence-corrected chi connectivity index (χ2v) is 3.73. The highest BCUT2D eigenvalue weighted by atomic mass is 19.4. The number of benzene rings is 1. The number of halogens is 4. The van der Waals surface area contributed by atoms with E-state index in [9.17, 15) is 17.6 Å². The van der Waals surface area contributed by atoms with Crippen molar-refractivity contribution in [3.63, 3.8) is 0 Å². The van der Waals surface area contributed by atoms with E-state index in [0.29, 0.717) is 0 Å². The zero-order chi connectivity index (χ0) is 14.8. The molecule has 0 aliphatic rings. The average molecular weight is 287 g/mol. The van der Waals surface area contributed by atoms with Crippen LogP contribution in [0.1, 0.15) is 5.56 Å². The van der Waals surface area contributed by atoms with Crippen LogP contribution >= 0.6 is 0 Å². The van der Waals surface area contributed by atoms with Crippen LogP contribution in [0.4, 0.5) is 35.0 Å². The summed E-state index contributed by atoms with van der Waals surface area (Å²) < 4.78 is 50.6. The molecular weight excluding hydrogens is 278 g/mol. The van der Waals surface area contributed by atoms with E-state index >= 15 is 0 Å². The maximum absolute atomic E-state index is 13.4. The Labute approximate surface area is 110 Å². The molecule has 20 heavy (non-hydrogen) atoms. The highest BCUT2D eigenvalue weighted by Gasteiger charge is 2.29. The molecule has 2 rings (SSSR count). The van der Waals surface area contributed by atoms with Gasteiger partial charge in [0, 0.05) is 5.69 Å². The molecule has 0 unspecified atom stereocenters. The van der Waals surface area contributed by atoms with Crippen LogP contribution < -0.4 is 16.6 Å². The Hall–Kier alpha value is -2.42. The summed E-state index contributed by atoms with van der Waals surface area (Å²) in [6.07, 6.45) is -3.54. The molecule has 1 aromatic carbocycles. The Balaban J connectivity index is 2.22. The van der Waals surface area contributed by atoms with Crippen LogP contribution in [0.25, 0.3) is 0 Å². The van der Waals surface area contributed by atoms with E-state index < -0.39 is 17.6 Å². The molecule has 5 nitrogen and oxygen atoms in total.